The largest absolute Gasteiger partial charge is 0.496 e. The molecule has 1 amide bonds. The Bertz CT molecular complexity index is 632. The zero-order valence-corrected chi connectivity index (χ0v) is 17.6. The number of hydrogen-bond donors (Lipinski definition) is 0. The minimum Gasteiger partial charge on any atom is -0.496 e. The molecule has 0 aromatic heterocycles. The Morgan fingerprint density at radius 3 is 1.92 bits per heavy atom. The van der Waals surface area contributed by atoms with E-state index in [0.717, 1.165) is 48.6 Å². The molecule has 4 heteroatoms. The van der Waals surface area contributed by atoms with Crippen molar-refractivity contribution < 1.29 is 14.3 Å². The van der Waals surface area contributed by atoms with E-state index in [1.807, 2.05) is 4.90 Å². The molecule has 1 aliphatic heterocycles. The van der Waals surface area contributed by atoms with E-state index in [-0.39, 0.29) is 23.3 Å². The minimum atomic E-state index is -0.104. The van der Waals surface area contributed by atoms with Gasteiger partial charge in [-0.25, -0.2) is 0 Å². The zero-order valence-electron chi connectivity index (χ0n) is 17.6. The summed E-state index contributed by atoms with van der Waals surface area (Å²) >= 11 is 0. The Labute approximate surface area is 158 Å². The van der Waals surface area contributed by atoms with Crippen molar-refractivity contribution in [3.63, 3.8) is 0 Å². The fourth-order valence-corrected chi connectivity index (χ4v) is 3.39. The normalized spacial score (nSPS) is 15.7. The van der Waals surface area contributed by atoms with Gasteiger partial charge < -0.3 is 14.4 Å². The number of methoxy groups -OCH3 is 1. The number of carbonyl (C=O) groups excluding carboxylic acids is 1. The van der Waals surface area contributed by atoms with Gasteiger partial charge in [-0.05, 0) is 42.2 Å². The maximum absolute atomic E-state index is 12.5. The van der Waals surface area contributed by atoms with Gasteiger partial charge in [0.2, 0.25) is 0 Å². The molecule has 1 aromatic carbocycles. The maximum atomic E-state index is 12.5. The van der Waals surface area contributed by atoms with E-state index < -0.39 is 0 Å². The van der Waals surface area contributed by atoms with Gasteiger partial charge in [-0.15, -0.1) is 0 Å². The van der Waals surface area contributed by atoms with Crippen LogP contribution >= 0.6 is 0 Å². The van der Waals surface area contributed by atoms with Crippen LogP contribution in [-0.2, 0) is 15.6 Å². The van der Waals surface area contributed by atoms with Crippen LogP contribution in [0.2, 0.25) is 0 Å². The Hall–Kier alpha value is -1.71. The van der Waals surface area contributed by atoms with Crippen LogP contribution in [0, 0.1) is 0 Å². The molecule has 0 radical (unpaired) electrons. The summed E-state index contributed by atoms with van der Waals surface area (Å²) in [4.78, 5) is 14.4. The van der Waals surface area contributed by atoms with Gasteiger partial charge in [0.15, 0.2) is 6.61 Å². The highest BCUT2D eigenvalue weighted by Gasteiger charge is 2.27. The number of piperidine rings is 1. The van der Waals surface area contributed by atoms with Gasteiger partial charge in [0.25, 0.3) is 5.91 Å². The highest BCUT2D eigenvalue weighted by Crippen LogP contribution is 2.41. The molecule has 0 atom stereocenters. The number of hydrogen-bond acceptors (Lipinski definition) is 3. The molecule has 0 saturated carbocycles. The third-order valence-corrected chi connectivity index (χ3v) is 4.98. The topological polar surface area (TPSA) is 38.8 Å². The van der Waals surface area contributed by atoms with E-state index in [1.165, 1.54) is 6.42 Å². The van der Waals surface area contributed by atoms with Crippen molar-refractivity contribution in [3.8, 4) is 11.5 Å². The molecular weight excluding hydrogens is 326 g/mol. The van der Waals surface area contributed by atoms with Crippen molar-refractivity contribution >= 4 is 5.91 Å². The molecule has 0 aliphatic carbocycles. The second-order valence-corrected chi connectivity index (χ2v) is 9.28. The Kier molecular flexibility index (Phi) is 6.25. The molecule has 1 aromatic rings. The second-order valence-electron chi connectivity index (χ2n) is 9.28. The monoisotopic (exact) mass is 361 g/mol. The van der Waals surface area contributed by atoms with Crippen LogP contribution in [0.1, 0.15) is 71.9 Å². The molecule has 0 unspecified atom stereocenters. The van der Waals surface area contributed by atoms with Crippen LogP contribution in [0.4, 0.5) is 0 Å². The van der Waals surface area contributed by atoms with Gasteiger partial charge in [0.05, 0.1) is 7.11 Å². The van der Waals surface area contributed by atoms with Crippen LogP contribution in [0.3, 0.4) is 0 Å². The maximum Gasteiger partial charge on any atom is 0.260 e. The lowest BCUT2D eigenvalue weighted by Gasteiger charge is -2.30. The molecule has 146 valence electrons. The lowest BCUT2D eigenvalue weighted by atomic mass is 9.81. The summed E-state index contributed by atoms with van der Waals surface area (Å²) in [6.45, 7) is 14.7. The zero-order chi connectivity index (χ0) is 19.5. The van der Waals surface area contributed by atoms with E-state index in [1.54, 1.807) is 7.11 Å². The van der Waals surface area contributed by atoms with Crippen molar-refractivity contribution in [2.75, 3.05) is 26.8 Å². The van der Waals surface area contributed by atoms with Crippen molar-refractivity contribution in [1.82, 2.24) is 4.90 Å². The summed E-state index contributed by atoms with van der Waals surface area (Å²) in [5, 5.41) is 0. The average molecular weight is 362 g/mol. The van der Waals surface area contributed by atoms with Crippen molar-refractivity contribution in [2.45, 2.75) is 71.6 Å². The first-order chi connectivity index (χ1) is 12.0. The van der Waals surface area contributed by atoms with Crippen molar-refractivity contribution in [2.24, 2.45) is 0 Å². The number of amides is 1. The van der Waals surface area contributed by atoms with Crippen LogP contribution in [-0.4, -0.2) is 37.6 Å². The first-order valence-corrected chi connectivity index (χ1v) is 9.67. The number of carbonyl (C=O) groups is 1. The van der Waals surface area contributed by atoms with E-state index >= 15 is 0 Å². The third kappa shape index (κ3) is 4.93. The summed E-state index contributed by atoms with van der Waals surface area (Å²) in [6.07, 6.45) is 3.40. The molecule has 1 heterocycles. The van der Waals surface area contributed by atoms with E-state index in [9.17, 15) is 4.79 Å². The fraction of sp³-hybridized carbons (Fsp3) is 0.682. The number of ether oxygens (including phenoxy) is 2. The SMILES string of the molecule is COc1cc(C(C)(C)C)c(OCC(=O)N2CCCCC2)cc1C(C)(C)C. The minimum absolute atomic E-state index is 0.0727. The van der Waals surface area contributed by atoms with Crippen molar-refractivity contribution in [3.05, 3.63) is 23.3 Å². The van der Waals surface area contributed by atoms with Gasteiger partial charge >= 0.3 is 0 Å². The summed E-state index contributed by atoms with van der Waals surface area (Å²) in [5.41, 5.74) is 1.98. The van der Waals surface area contributed by atoms with Crippen LogP contribution < -0.4 is 9.47 Å². The van der Waals surface area contributed by atoms with E-state index in [0.29, 0.717) is 0 Å². The molecular formula is C22H35NO3. The lowest BCUT2D eigenvalue weighted by molar-refractivity contribution is -0.134. The lowest BCUT2D eigenvalue weighted by Crippen LogP contribution is -2.38. The number of benzene rings is 1. The van der Waals surface area contributed by atoms with Crippen LogP contribution in [0.5, 0.6) is 11.5 Å². The summed E-state index contributed by atoms with van der Waals surface area (Å²) in [6, 6.07) is 4.13. The molecule has 1 saturated heterocycles. The predicted octanol–water partition coefficient (Wildman–Crippen LogP) is 4.68. The van der Waals surface area contributed by atoms with Gasteiger partial charge in [-0.1, -0.05) is 41.5 Å². The first kappa shape index (κ1) is 20.6. The van der Waals surface area contributed by atoms with Crippen LogP contribution in [0.25, 0.3) is 0 Å². The molecule has 0 spiro atoms. The Morgan fingerprint density at radius 1 is 0.923 bits per heavy atom. The predicted molar refractivity (Wildman–Crippen MR) is 106 cm³/mol. The van der Waals surface area contributed by atoms with Gasteiger partial charge in [-0.2, -0.15) is 0 Å². The summed E-state index contributed by atoms with van der Waals surface area (Å²) in [5.74, 6) is 1.74. The number of nitrogens with zero attached hydrogens (tertiary/aromatic N) is 1. The van der Waals surface area contributed by atoms with Crippen LogP contribution in [0.15, 0.2) is 12.1 Å². The molecule has 26 heavy (non-hydrogen) atoms. The fourth-order valence-electron chi connectivity index (χ4n) is 3.39. The Morgan fingerprint density at radius 2 is 1.42 bits per heavy atom. The Balaban J connectivity index is 2.30. The highest BCUT2D eigenvalue weighted by molar-refractivity contribution is 5.78. The number of rotatable bonds is 4. The summed E-state index contributed by atoms with van der Waals surface area (Å²) < 4.78 is 11.7. The quantitative estimate of drug-likeness (QED) is 0.781. The molecule has 4 nitrogen and oxygen atoms in total. The third-order valence-electron chi connectivity index (χ3n) is 4.98. The molecule has 1 fully saturated rings. The van der Waals surface area contributed by atoms with Gasteiger partial charge in [-0.3, -0.25) is 4.79 Å². The number of likely N-dealkylation sites (tertiary alicyclic amines) is 1. The molecule has 2 rings (SSSR count). The smallest absolute Gasteiger partial charge is 0.260 e. The van der Waals surface area contributed by atoms with E-state index in [2.05, 4.69) is 53.7 Å². The van der Waals surface area contributed by atoms with Gasteiger partial charge in [0.1, 0.15) is 11.5 Å². The molecule has 0 N–H and O–H groups in total. The first-order valence-electron chi connectivity index (χ1n) is 9.67. The van der Waals surface area contributed by atoms with Crippen molar-refractivity contribution in [1.29, 1.82) is 0 Å². The standard InChI is InChI=1S/C22H35NO3/c1-21(2,3)16-14-19(17(22(4,5)6)13-18(16)25-7)26-15-20(24)23-11-9-8-10-12-23/h13-14H,8-12,15H2,1-7H3. The highest BCUT2D eigenvalue weighted by atomic mass is 16.5. The second kappa shape index (κ2) is 7.89. The molecule has 0 bridgehead atoms. The molecule has 1 aliphatic rings. The van der Waals surface area contributed by atoms with E-state index in [4.69, 9.17) is 9.47 Å². The summed E-state index contributed by atoms with van der Waals surface area (Å²) in [7, 11) is 1.71. The average Bonchev–Trinajstić information content (AvgIpc) is 2.58. The van der Waals surface area contributed by atoms with Gasteiger partial charge in [0, 0.05) is 24.2 Å².